The predicted octanol–water partition coefficient (Wildman–Crippen LogP) is 0.955. The highest BCUT2D eigenvalue weighted by Crippen LogP contribution is 2.19. The number of hydrogen-bond donors (Lipinski definition) is 2. The van der Waals surface area contributed by atoms with E-state index in [0.29, 0.717) is 12.3 Å². The summed E-state index contributed by atoms with van der Waals surface area (Å²) >= 11 is 0. The Morgan fingerprint density at radius 1 is 1.36 bits per heavy atom. The smallest absolute Gasteiger partial charge is 0.119 e. The van der Waals surface area contributed by atoms with Crippen molar-refractivity contribution in [1.82, 2.24) is 4.90 Å². The molecule has 3 heteroatoms. The van der Waals surface area contributed by atoms with Gasteiger partial charge in [-0.25, -0.2) is 0 Å². The van der Waals surface area contributed by atoms with Crippen LogP contribution in [0.15, 0.2) is 18.2 Å². The summed E-state index contributed by atoms with van der Waals surface area (Å²) in [5.74, 6) is 0.356. The zero-order chi connectivity index (χ0) is 10.6. The van der Waals surface area contributed by atoms with Crippen molar-refractivity contribution in [2.45, 2.75) is 13.0 Å². The van der Waals surface area contributed by atoms with E-state index in [-0.39, 0.29) is 0 Å². The van der Waals surface area contributed by atoms with Gasteiger partial charge in [0.15, 0.2) is 0 Å². The van der Waals surface area contributed by atoms with Gasteiger partial charge >= 0.3 is 0 Å². The zero-order valence-corrected chi connectivity index (χ0v) is 8.83. The van der Waals surface area contributed by atoms with Gasteiger partial charge in [-0.05, 0) is 37.7 Å². The highest BCUT2D eigenvalue weighted by Gasteiger charge is 2.02. The van der Waals surface area contributed by atoms with Crippen LogP contribution < -0.4 is 5.73 Å². The normalized spacial score (nSPS) is 10.9. The van der Waals surface area contributed by atoms with E-state index in [1.165, 1.54) is 0 Å². The van der Waals surface area contributed by atoms with Crippen LogP contribution in [0.5, 0.6) is 5.75 Å². The van der Waals surface area contributed by atoms with E-state index < -0.39 is 0 Å². The fraction of sp³-hybridized carbons (Fsp3) is 0.455. The standard InChI is InChI=1S/C11H18N2O/c1-13(2)6-5-10-4-3-9(8-12)7-11(10)14/h3-4,7,14H,5-6,8,12H2,1-2H3. The Morgan fingerprint density at radius 2 is 2.07 bits per heavy atom. The first-order valence-corrected chi connectivity index (χ1v) is 4.79. The molecule has 1 rings (SSSR count). The number of phenols is 1. The second-order valence-electron chi connectivity index (χ2n) is 3.72. The molecular formula is C11H18N2O. The van der Waals surface area contributed by atoms with E-state index in [0.717, 1.165) is 24.1 Å². The fourth-order valence-corrected chi connectivity index (χ4v) is 1.29. The topological polar surface area (TPSA) is 49.5 Å². The Labute approximate surface area is 85.2 Å². The molecule has 78 valence electrons. The number of nitrogens with zero attached hydrogens (tertiary/aromatic N) is 1. The molecule has 0 aliphatic carbocycles. The summed E-state index contributed by atoms with van der Waals surface area (Å²) in [4.78, 5) is 2.09. The summed E-state index contributed by atoms with van der Waals surface area (Å²) in [5, 5.41) is 9.66. The number of nitrogens with two attached hydrogens (primary N) is 1. The highest BCUT2D eigenvalue weighted by molar-refractivity contribution is 5.36. The summed E-state index contributed by atoms with van der Waals surface area (Å²) < 4.78 is 0. The van der Waals surface area contributed by atoms with Gasteiger partial charge in [-0.1, -0.05) is 12.1 Å². The Kier molecular flexibility index (Phi) is 3.92. The Balaban J connectivity index is 2.69. The van der Waals surface area contributed by atoms with Crippen LogP contribution in [-0.4, -0.2) is 30.6 Å². The van der Waals surface area contributed by atoms with Gasteiger partial charge in [0.1, 0.15) is 5.75 Å². The minimum atomic E-state index is 0.356. The van der Waals surface area contributed by atoms with Gasteiger partial charge in [-0.3, -0.25) is 0 Å². The van der Waals surface area contributed by atoms with Gasteiger partial charge in [0, 0.05) is 13.1 Å². The lowest BCUT2D eigenvalue weighted by molar-refractivity contribution is 0.406. The van der Waals surface area contributed by atoms with Crippen molar-refractivity contribution in [1.29, 1.82) is 0 Å². The van der Waals surface area contributed by atoms with Crippen molar-refractivity contribution in [3.63, 3.8) is 0 Å². The lowest BCUT2D eigenvalue weighted by atomic mass is 10.1. The molecule has 0 bridgehead atoms. The highest BCUT2D eigenvalue weighted by atomic mass is 16.3. The maximum Gasteiger partial charge on any atom is 0.119 e. The number of hydrogen-bond acceptors (Lipinski definition) is 3. The quantitative estimate of drug-likeness (QED) is 0.750. The molecule has 3 nitrogen and oxygen atoms in total. The number of phenolic OH excluding ortho intramolecular Hbond substituents is 1. The summed E-state index contributed by atoms with van der Waals surface area (Å²) in [5.41, 5.74) is 7.42. The number of aromatic hydroxyl groups is 1. The van der Waals surface area contributed by atoms with Crippen LogP contribution in [0.2, 0.25) is 0 Å². The summed E-state index contributed by atoms with van der Waals surface area (Å²) in [7, 11) is 4.04. The molecule has 0 radical (unpaired) electrons. The van der Waals surface area contributed by atoms with E-state index in [9.17, 15) is 5.11 Å². The van der Waals surface area contributed by atoms with Crippen LogP contribution in [0.4, 0.5) is 0 Å². The van der Waals surface area contributed by atoms with Crippen LogP contribution in [0.3, 0.4) is 0 Å². The van der Waals surface area contributed by atoms with Crippen molar-refractivity contribution in [2.24, 2.45) is 5.73 Å². The second kappa shape index (κ2) is 4.98. The average Bonchev–Trinajstić information content (AvgIpc) is 2.15. The number of benzene rings is 1. The van der Waals surface area contributed by atoms with Gasteiger partial charge in [0.25, 0.3) is 0 Å². The van der Waals surface area contributed by atoms with E-state index in [2.05, 4.69) is 4.90 Å². The molecule has 0 aliphatic heterocycles. The first-order valence-electron chi connectivity index (χ1n) is 4.79. The molecule has 0 aromatic heterocycles. The van der Waals surface area contributed by atoms with Crippen LogP contribution >= 0.6 is 0 Å². The van der Waals surface area contributed by atoms with Crippen molar-refractivity contribution < 1.29 is 5.11 Å². The molecule has 3 N–H and O–H groups in total. The molecule has 0 atom stereocenters. The maximum absolute atomic E-state index is 9.66. The van der Waals surface area contributed by atoms with Crippen LogP contribution in [0.25, 0.3) is 0 Å². The SMILES string of the molecule is CN(C)CCc1ccc(CN)cc1O. The molecule has 0 aliphatic rings. The Hall–Kier alpha value is -1.06. The average molecular weight is 194 g/mol. The molecule has 0 unspecified atom stereocenters. The summed E-state index contributed by atoms with van der Waals surface area (Å²) in [6, 6.07) is 5.65. The lowest BCUT2D eigenvalue weighted by Gasteiger charge is -2.10. The molecule has 0 saturated heterocycles. The van der Waals surface area contributed by atoms with Gasteiger partial charge in [-0.2, -0.15) is 0 Å². The summed E-state index contributed by atoms with van der Waals surface area (Å²) in [6.45, 7) is 1.41. The molecular weight excluding hydrogens is 176 g/mol. The van der Waals surface area contributed by atoms with Crippen LogP contribution in [0, 0.1) is 0 Å². The van der Waals surface area contributed by atoms with Gasteiger partial charge in [0.05, 0.1) is 0 Å². The van der Waals surface area contributed by atoms with E-state index in [1.807, 2.05) is 26.2 Å². The van der Waals surface area contributed by atoms with Crippen molar-refractivity contribution in [2.75, 3.05) is 20.6 Å². The molecule has 0 fully saturated rings. The van der Waals surface area contributed by atoms with Crippen LogP contribution in [0.1, 0.15) is 11.1 Å². The number of rotatable bonds is 4. The first-order chi connectivity index (χ1) is 6.63. The third-order valence-electron chi connectivity index (χ3n) is 2.21. The lowest BCUT2D eigenvalue weighted by Crippen LogP contribution is -2.15. The first kappa shape index (κ1) is 11.0. The van der Waals surface area contributed by atoms with Gasteiger partial charge < -0.3 is 15.7 Å². The van der Waals surface area contributed by atoms with E-state index in [4.69, 9.17) is 5.73 Å². The third kappa shape index (κ3) is 3.01. The van der Waals surface area contributed by atoms with Crippen molar-refractivity contribution >= 4 is 0 Å². The Morgan fingerprint density at radius 3 is 2.57 bits per heavy atom. The van der Waals surface area contributed by atoms with E-state index in [1.54, 1.807) is 6.07 Å². The molecule has 14 heavy (non-hydrogen) atoms. The molecule has 0 heterocycles. The molecule has 1 aromatic carbocycles. The van der Waals surface area contributed by atoms with Gasteiger partial charge in [0.2, 0.25) is 0 Å². The minimum Gasteiger partial charge on any atom is -0.508 e. The number of likely N-dealkylation sites (N-methyl/N-ethyl adjacent to an activating group) is 1. The monoisotopic (exact) mass is 194 g/mol. The van der Waals surface area contributed by atoms with Crippen LogP contribution in [-0.2, 0) is 13.0 Å². The van der Waals surface area contributed by atoms with Crippen molar-refractivity contribution in [3.8, 4) is 5.75 Å². The van der Waals surface area contributed by atoms with Crippen molar-refractivity contribution in [3.05, 3.63) is 29.3 Å². The minimum absolute atomic E-state index is 0.356. The van der Waals surface area contributed by atoms with E-state index >= 15 is 0 Å². The fourth-order valence-electron chi connectivity index (χ4n) is 1.29. The third-order valence-corrected chi connectivity index (χ3v) is 2.21. The largest absolute Gasteiger partial charge is 0.508 e. The zero-order valence-electron chi connectivity index (χ0n) is 8.83. The molecule has 0 saturated carbocycles. The molecule has 1 aromatic rings. The molecule has 0 amide bonds. The van der Waals surface area contributed by atoms with Gasteiger partial charge in [-0.15, -0.1) is 0 Å². The molecule has 0 spiro atoms. The maximum atomic E-state index is 9.66. The predicted molar refractivity (Wildman–Crippen MR) is 58.3 cm³/mol. The summed E-state index contributed by atoms with van der Waals surface area (Å²) in [6.07, 6.45) is 0.865. The second-order valence-corrected chi connectivity index (χ2v) is 3.72. The Bertz CT molecular complexity index is 297.